The zero-order chi connectivity index (χ0) is 60.9. The molecule has 2 heterocycles. The first kappa shape index (κ1) is 78.6. The first-order chi connectivity index (χ1) is 41.1. The van der Waals surface area contributed by atoms with Crippen LogP contribution < -0.4 is 5.32 Å². The van der Waals surface area contributed by atoms with E-state index in [4.69, 9.17) is 18.9 Å². The fraction of sp³-hybridized carbons (Fsp3) is 0.929. The summed E-state index contributed by atoms with van der Waals surface area (Å²) in [4.78, 5) is 13.3. The molecule has 2 fully saturated rings. The molecule has 0 aliphatic carbocycles. The molecule has 9 N–H and O–H groups in total. The normalized spacial score (nSPS) is 23.7. The number of carbonyl (C=O) groups excluding carboxylic acids is 1. The SMILES string of the molecule is CCCCCCCCCCCCCCCCCCCC/C=C/CC/C=C/C(O)C(COC1OC(CO)C(OC2OC(CO)C(O)C(O)C2O)C(O)C1O)NC(=O)CCCCCCCCCCCCCCCCCCCCCCCCCCCC. The van der Waals surface area contributed by atoms with E-state index in [0.29, 0.717) is 12.8 Å². The first-order valence-corrected chi connectivity index (χ1v) is 35.6. The van der Waals surface area contributed by atoms with Crippen molar-refractivity contribution in [2.45, 2.75) is 396 Å². The van der Waals surface area contributed by atoms with Crippen molar-refractivity contribution < 1.29 is 64.6 Å². The average Bonchev–Trinajstić information content (AvgIpc) is 3.62. The molecular weight excluding hydrogens is 1060 g/mol. The van der Waals surface area contributed by atoms with Crippen molar-refractivity contribution in [3.8, 4) is 0 Å². The molecule has 14 nitrogen and oxygen atoms in total. The molecule has 0 aromatic rings. The summed E-state index contributed by atoms with van der Waals surface area (Å²) < 4.78 is 22.9. The van der Waals surface area contributed by atoms with Gasteiger partial charge in [-0.25, -0.2) is 0 Å². The minimum absolute atomic E-state index is 0.241. The molecule has 0 radical (unpaired) electrons. The monoisotopic (exact) mass is 1200 g/mol. The van der Waals surface area contributed by atoms with Gasteiger partial charge in [0.15, 0.2) is 12.6 Å². The van der Waals surface area contributed by atoms with Gasteiger partial charge in [0.2, 0.25) is 5.91 Å². The Balaban J connectivity index is 1.69. The lowest BCUT2D eigenvalue weighted by atomic mass is 9.97. The van der Waals surface area contributed by atoms with Crippen molar-refractivity contribution in [1.29, 1.82) is 0 Å². The van der Waals surface area contributed by atoms with Gasteiger partial charge in [-0.1, -0.05) is 308 Å². The van der Waals surface area contributed by atoms with Crippen LogP contribution in [0.15, 0.2) is 24.3 Å². The predicted octanol–water partition coefficient (Wildman–Crippen LogP) is 14.3. The summed E-state index contributed by atoms with van der Waals surface area (Å²) in [6.07, 6.45) is 52.4. The number of amides is 1. The van der Waals surface area contributed by atoms with Crippen molar-refractivity contribution in [3.63, 3.8) is 0 Å². The quantitative estimate of drug-likeness (QED) is 0.0204. The van der Waals surface area contributed by atoms with E-state index in [0.717, 1.165) is 32.1 Å². The van der Waals surface area contributed by atoms with E-state index in [2.05, 4.69) is 31.3 Å². The molecule has 0 saturated carbocycles. The lowest BCUT2D eigenvalue weighted by Gasteiger charge is -2.46. The molecule has 12 unspecified atom stereocenters. The number of hydrogen-bond acceptors (Lipinski definition) is 13. The summed E-state index contributed by atoms with van der Waals surface area (Å²) in [5, 5.41) is 87.4. The van der Waals surface area contributed by atoms with E-state index in [1.54, 1.807) is 6.08 Å². The summed E-state index contributed by atoms with van der Waals surface area (Å²) in [6, 6.07) is -0.929. The average molecular weight is 1200 g/mol. The molecule has 2 aliphatic heterocycles. The highest BCUT2D eigenvalue weighted by atomic mass is 16.7. The number of aliphatic hydroxyl groups excluding tert-OH is 8. The van der Waals surface area contributed by atoms with Gasteiger partial charge in [-0.05, 0) is 32.1 Å². The highest BCUT2D eigenvalue weighted by Crippen LogP contribution is 2.30. The van der Waals surface area contributed by atoms with E-state index < -0.39 is 86.8 Å². The van der Waals surface area contributed by atoms with E-state index in [-0.39, 0.29) is 18.9 Å². The Hall–Kier alpha value is -1.53. The molecule has 0 bridgehead atoms. The molecule has 14 heteroatoms. The lowest BCUT2D eigenvalue weighted by molar-refractivity contribution is -0.359. The zero-order valence-electron chi connectivity index (χ0n) is 53.9. The van der Waals surface area contributed by atoms with Gasteiger partial charge in [0.05, 0.1) is 32.0 Å². The summed E-state index contributed by atoms with van der Waals surface area (Å²) >= 11 is 0. The van der Waals surface area contributed by atoms with Crippen LogP contribution in [0.2, 0.25) is 0 Å². The third kappa shape index (κ3) is 39.5. The minimum atomic E-state index is -1.79. The number of hydrogen-bond donors (Lipinski definition) is 9. The summed E-state index contributed by atoms with van der Waals surface area (Å²) in [6.45, 7) is 2.84. The van der Waals surface area contributed by atoms with Crippen LogP contribution in [0.4, 0.5) is 0 Å². The van der Waals surface area contributed by atoms with Gasteiger partial charge in [-0.15, -0.1) is 0 Å². The highest BCUT2D eigenvalue weighted by molar-refractivity contribution is 5.76. The molecular formula is C70H133NO13. The Morgan fingerprint density at radius 1 is 0.417 bits per heavy atom. The van der Waals surface area contributed by atoms with E-state index in [1.165, 1.54) is 257 Å². The molecule has 84 heavy (non-hydrogen) atoms. The standard InChI is InChI=1S/C70H133NO13/c1-3-5-7-9-11-13-15-17-19-21-23-25-27-29-30-32-34-36-38-40-42-44-46-48-50-52-54-62(75)71-58(57-81-69-67(80)65(78)68(61(56-73)83-69)84-70-66(79)64(77)63(76)60(55-72)82-70)59(74)53-51-49-47-45-43-41-39-37-35-33-31-28-26-24-22-20-18-16-14-12-10-8-6-4-2/h43,45,51,53,58-61,63-70,72-74,76-80H,3-42,44,46-50,52,54-57H2,1-2H3,(H,71,75)/b45-43+,53-51+. The Labute approximate surface area is 513 Å². The molecule has 0 aromatic carbocycles. The number of unbranched alkanes of at least 4 members (excludes halogenated alkanes) is 44. The van der Waals surface area contributed by atoms with Crippen LogP contribution in [0.3, 0.4) is 0 Å². The molecule has 0 spiro atoms. The zero-order valence-corrected chi connectivity index (χ0v) is 53.9. The lowest BCUT2D eigenvalue weighted by Crippen LogP contribution is -2.65. The smallest absolute Gasteiger partial charge is 0.220 e. The maximum Gasteiger partial charge on any atom is 0.220 e. The van der Waals surface area contributed by atoms with E-state index >= 15 is 0 Å². The second-order valence-electron chi connectivity index (χ2n) is 25.4. The Kier molecular flexibility index (Phi) is 51.9. The van der Waals surface area contributed by atoms with Crippen LogP contribution in [-0.4, -0.2) is 140 Å². The molecule has 0 aromatic heterocycles. The maximum absolute atomic E-state index is 13.3. The fourth-order valence-electron chi connectivity index (χ4n) is 12.0. The van der Waals surface area contributed by atoms with Gasteiger partial charge in [0.25, 0.3) is 0 Å². The topological polar surface area (TPSA) is 228 Å². The number of aliphatic hydroxyl groups is 8. The predicted molar refractivity (Wildman–Crippen MR) is 342 cm³/mol. The Morgan fingerprint density at radius 3 is 1.17 bits per heavy atom. The molecule has 2 rings (SSSR count). The van der Waals surface area contributed by atoms with Crippen LogP contribution in [0.25, 0.3) is 0 Å². The second-order valence-corrected chi connectivity index (χ2v) is 25.4. The van der Waals surface area contributed by atoms with Crippen LogP contribution in [0.5, 0.6) is 0 Å². The third-order valence-electron chi connectivity index (χ3n) is 17.6. The van der Waals surface area contributed by atoms with Gasteiger partial charge >= 0.3 is 0 Å². The molecule has 2 aliphatic rings. The molecule has 2 saturated heterocycles. The van der Waals surface area contributed by atoms with E-state index in [9.17, 15) is 45.6 Å². The van der Waals surface area contributed by atoms with Gasteiger partial charge < -0.3 is 65.1 Å². The van der Waals surface area contributed by atoms with Crippen LogP contribution in [0.1, 0.15) is 322 Å². The largest absolute Gasteiger partial charge is 0.394 e. The van der Waals surface area contributed by atoms with Gasteiger partial charge in [0, 0.05) is 6.42 Å². The van der Waals surface area contributed by atoms with Gasteiger partial charge in [0.1, 0.15) is 48.8 Å². The summed E-state index contributed by atoms with van der Waals surface area (Å²) in [7, 11) is 0. The Bertz CT molecular complexity index is 1500. The van der Waals surface area contributed by atoms with E-state index in [1.807, 2.05) is 6.08 Å². The highest BCUT2D eigenvalue weighted by Gasteiger charge is 2.51. The molecule has 1 amide bonds. The fourth-order valence-corrected chi connectivity index (χ4v) is 12.0. The summed E-state index contributed by atoms with van der Waals surface area (Å²) in [5.41, 5.74) is 0. The van der Waals surface area contributed by atoms with Gasteiger partial charge in [-0.3, -0.25) is 4.79 Å². The van der Waals surface area contributed by atoms with Crippen molar-refractivity contribution in [3.05, 3.63) is 24.3 Å². The maximum atomic E-state index is 13.3. The number of rotatable bonds is 59. The minimum Gasteiger partial charge on any atom is -0.394 e. The second kappa shape index (κ2) is 55.5. The van der Waals surface area contributed by atoms with Crippen molar-refractivity contribution in [2.24, 2.45) is 0 Å². The first-order valence-electron chi connectivity index (χ1n) is 35.6. The van der Waals surface area contributed by atoms with Crippen molar-refractivity contribution in [2.75, 3.05) is 19.8 Å². The third-order valence-corrected chi connectivity index (χ3v) is 17.6. The molecule has 12 atom stereocenters. The van der Waals surface area contributed by atoms with Crippen LogP contribution >= 0.6 is 0 Å². The number of nitrogens with one attached hydrogen (secondary N) is 1. The van der Waals surface area contributed by atoms with Crippen LogP contribution in [-0.2, 0) is 23.7 Å². The van der Waals surface area contributed by atoms with Gasteiger partial charge in [-0.2, -0.15) is 0 Å². The molecule has 496 valence electrons. The number of allylic oxidation sites excluding steroid dienone is 3. The van der Waals surface area contributed by atoms with Crippen molar-refractivity contribution >= 4 is 5.91 Å². The van der Waals surface area contributed by atoms with Crippen molar-refractivity contribution in [1.82, 2.24) is 5.32 Å². The Morgan fingerprint density at radius 2 is 0.762 bits per heavy atom. The summed E-state index contributed by atoms with van der Waals surface area (Å²) in [5.74, 6) is -0.241. The number of carbonyl (C=O) groups is 1. The van der Waals surface area contributed by atoms with Crippen LogP contribution in [0, 0.1) is 0 Å². The number of ether oxygens (including phenoxy) is 4.